The van der Waals surface area contributed by atoms with Gasteiger partial charge >= 0.3 is 0 Å². The molecule has 0 aliphatic carbocycles. The van der Waals surface area contributed by atoms with E-state index >= 15 is 0 Å². The first-order chi connectivity index (χ1) is 9.35. The maximum Gasteiger partial charge on any atom is 0.123 e. The summed E-state index contributed by atoms with van der Waals surface area (Å²) in [5.74, 6) is -0.240. The predicted octanol–water partition coefficient (Wildman–Crippen LogP) is 4.77. The molecule has 0 saturated heterocycles. The molecule has 20 heavy (non-hydrogen) atoms. The van der Waals surface area contributed by atoms with Crippen LogP contribution in [-0.2, 0) is 0 Å². The van der Waals surface area contributed by atoms with Gasteiger partial charge < -0.3 is 0 Å². The van der Waals surface area contributed by atoms with E-state index in [1.54, 1.807) is 6.07 Å². The number of halogens is 1. The molecule has 2 aromatic rings. The van der Waals surface area contributed by atoms with Crippen LogP contribution in [0.3, 0.4) is 0 Å². The molecule has 0 atom stereocenters. The first-order valence-corrected chi connectivity index (χ1v) is 6.78. The number of benzene rings is 2. The summed E-state index contributed by atoms with van der Waals surface area (Å²) in [6.45, 7) is 8.17. The smallest absolute Gasteiger partial charge is 0.123 e. The van der Waals surface area contributed by atoms with Crippen LogP contribution in [-0.4, -0.2) is 11.3 Å². The van der Waals surface area contributed by atoms with Gasteiger partial charge in [-0.3, -0.25) is 4.99 Å². The molecule has 0 aliphatic heterocycles. The van der Waals surface area contributed by atoms with E-state index in [-0.39, 0.29) is 11.4 Å². The van der Waals surface area contributed by atoms with Crippen molar-refractivity contribution < 1.29 is 4.39 Å². The fraction of sp³-hybridized carbons (Fsp3) is 0.278. The van der Waals surface area contributed by atoms with Crippen molar-refractivity contribution in [3.63, 3.8) is 0 Å². The molecule has 0 spiro atoms. The van der Waals surface area contributed by atoms with Gasteiger partial charge in [0.15, 0.2) is 0 Å². The van der Waals surface area contributed by atoms with E-state index in [1.807, 2.05) is 58.0 Å². The van der Waals surface area contributed by atoms with Crippen molar-refractivity contribution in [3.8, 4) is 0 Å². The van der Waals surface area contributed by atoms with Gasteiger partial charge in [0.1, 0.15) is 5.82 Å². The zero-order valence-corrected chi connectivity index (χ0v) is 12.4. The van der Waals surface area contributed by atoms with Crippen molar-refractivity contribution in [2.45, 2.75) is 33.2 Å². The Morgan fingerprint density at radius 1 is 0.950 bits per heavy atom. The van der Waals surface area contributed by atoms with E-state index in [9.17, 15) is 4.39 Å². The van der Waals surface area contributed by atoms with Crippen LogP contribution >= 0.6 is 0 Å². The first kappa shape index (κ1) is 14.4. The van der Waals surface area contributed by atoms with Crippen molar-refractivity contribution in [1.82, 2.24) is 0 Å². The third-order valence-corrected chi connectivity index (χ3v) is 2.87. The van der Waals surface area contributed by atoms with Gasteiger partial charge in [-0.1, -0.05) is 42.0 Å². The molecule has 0 saturated carbocycles. The first-order valence-electron chi connectivity index (χ1n) is 6.78. The molecule has 0 bridgehead atoms. The molecule has 1 nitrogen and oxygen atoms in total. The molecule has 0 aliphatic rings. The van der Waals surface area contributed by atoms with Crippen molar-refractivity contribution in [2.24, 2.45) is 4.99 Å². The van der Waals surface area contributed by atoms with Crippen LogP contribution < -0.4 is 0 Å². The lowest BCUT2D eigenvalue weighted by atomic mass is 9.99. The summed E-state index contributed by atoms with van der Waals surface area (Å²) in [5, 5.41) is 0. The van der Waals surface area contributed by atoms with Crippen LogP contribution in [0.1, 0.15) is 37.5 Å². The van der Waals surface area contributed by atoms with E-state index in [1.165, 1.54) is 17.7 Å². The Balaban J connectivity index is 2.56. The van der Waals surface area contributed by atoms with E-state index in [0.29, 0.717) is 0 Å². The lowest BCUT2D eigenvalue weighted by molar-refractivity contribution is 0.584. The Hall–Kier alpha value is -1.96. The molecule has 0 radical (unpaired) electrons. The second kappa shape index (κ2) is 5.58. The Bertz CT molecular complexity index is 619. The van der Waals surface area contributed by atoms with E-state index in [4.69, 9.17) is 4.99 Å². The van der Waals surface area contributed by atoms with Crippen molar-refractivity contribution >= 4 is 5.71 Å². The molecular formula is C18H20FN. The van der Waals surface area contributed by atoms with E-state index in [0.717, 1.165) is 16.8 Å². The number of rotatable bonds is 2. The normalized spacial score (nSPS) is 12.6. The number of aliphatic imine (C=N–C) groups is 1. The predicted molar refractivity (Wildman–Crippen MR) is 83.0 cm³/mol. The largest absolute Gasteiger partial charge is 0.278 e. The molecular weight excluding hydrogens is 249 g/mol. The fourth-order valence-corrected chi connectivity index (χ4v) is 1.98. The van der Waals surface area contributed by atoms with Crippen molar-refractivity contribution in [1.29, 1.82) is 0 Å². The fourth-order valence-electron chi connectivity index (χ4n) is 1.98. The molecule has 0 fully saturated rings. The number of hydrogen-bond donors (Lipinski definition) is 0. The quantitative estimate of drug-likeness (QED) is 0.696. The highest BCUT2D eigenvalue weighted by atomic mass is 19.1. The molecule has 104 valence electrons. The maximum absolute atomic E-state index is 13.5. The maximum atomic E-state index is 13.5. The SMILES string of the molecule is Cc1ccc(C(=NC(C)(C)C)c2cccc(F)c2)cc1. The number of aryl methyl sites for hydroxylation is 1. The lowest BCUT2D eigenvalue weighted by Crippen LogP contribution is -2.16. The highest BCUT2D eigenvalue weighted by Gasteiger charge is 2.14. The van der Waals surface area contributed by atoms with Crippen molar-refractivity contribution in [3.05, 3.63) is 71.0 Å². The summed E-state index contributed by atoms with van der Waals surface area (Å²) in [6, 6.07) is 14.8. The second-order valence-electron chi connectivity index (χ2n) is 6.01. The van der Waals surface area contributed by atoms with Crippen LogP contribution in [0.2, 0.25) is 0 Å². The van der Waals surface area contributed by atoms with E-state index in [2.05, 4.69) is 0 Å². The molecule has 0 unspecified atom stereocenters. The van der Waals surface area contributed by atoms with Gasteiger partial charge in [-0.15, -0.1) is 0 Å². The summed E-state index contributed by atoms with van der Waals surface area (Å²) in [7, 11) is 0. The van der Waals surface area contributed by atoms with Gasteiger partial charge in [-0.2, -0.15) is 0 Å². The molecule has 2 heteroatoms. The van der Waals surface area contributed by atoms with Crippen molar-refractivity contribution in [2.75, 3.05) is 0 Å². The molecule has 0 aromatic heterocycles. The average molecular weight is 269 g/mol. The highest BCUT2D eigenvalue weighted by Crippen LogP contribution is 2.18. The van der Waals surface area contributed by atoms with Gasteiger partial charge in [0.2, 0.25) is 0 Å². The minimum Gasteiger partial charge on any atom is -0.278 e. The van der Waals surface area contributed by atoms with Gasteiger partial charge in [0.05, 0.1) is 11.3 Å². The van der Waals surface area contributed by atoms with E-state index < -0.39 is 0 Å². The topological polar surface area (TPSA) is 12.4 Å². The standard InChI is InChI=1S/C18H20FN/c1-13-8-10-14(11-9-13)17(20-18(2,3)4)15-6-5-7-16(19)12-15/h5-12H,1-4H3. The molecule has 0 heterocycles. The monoisotopic (exact) mass is 269 g/mol. The summed E-state index contributed by atoms with van der Waals surface area (Å²) >= 11 is 0. The molecule has 2 aromatic carbocycles. The third-order valence-electron chi connectivity index (χ3n) is 2.87. The summed E-state index contributed by atoms with van der Waals surface area (Å²) in [4.78, 5) is 4.77. The number of nitrogens with zero attached hydrogens (tertiary/aromatic N) is 1. The average Bonchev–Trinajstić information content (AvgIpc) is 2.36. The minimum absolute atomic E-state index is 0.216. The van der Waals surface area contributed by atoms with Crippen LogP contribution in [0.15, 0.2) is 53.5 Å². The Morgan fingerprint density at radius 2 is 1.60 bits per heavy atom. The third kappa shape index (κ3) is 3.77. The van der Waals surface area contributed by atoms with Crippen LogP contribution in [0, 0.1) is 12.7 Å². The Labute approximate surface area is 120 Å². The van der Waals surface area contributed by atoms with Gasteiger partial charge in [-0.05, 0) is 39.8 Å². The lowest BCUT2D eigenvalue weighted by Gasteiger charge is -2.17. The summed E-state index contributed by atoms with van der Waals surface area (Å²) in [5.41, 5.74) is 3.63. The zero-order valence-electron chi connectivity index (χ0n) is 12.4. The zero-order chi connectivity index (χ0) is 14.8. The van der Waals surface area contributed by atoms with Gasteiger partial charge in [0, 0.05) is 11.1 Å². The molecule has 0 amide bonds. The van der Waals surface area contributed by atoms with Gasteiger partial charge in [-0.25, -0.2) is 4.39 Å². The number of hydrogen-bond acceptors (Lipinski definition) is 1. The van der Waals surface area contributed by atoms with Crippen LogP contribution in [0.4, 0.5) is 4.39 Å². The minimum atomic E-state index is -0.240. The summed E-state index contributed by atoms with van der Waals surface area (Å²) < 4.78 is 13.5. The second-order valence-corrected chi connectivity index (χ2v) is 6.01. The Morgan fingerprint density at radius 3 is 2.15 bits per heavy atom. The summed E-state index contributed by atoms with van der Waals surface area (Å²) in [6.07, 6.45) is 0. The van der Waals surface area contributed by atoms with Gasteiger partial charge in [0.25, 0.3) is 0 Å². The Kier molecular flexibility index (Phi) is 4.03. The van der Waals surface area contributed by atoms with Crippen LogP contribution in [0.5, 0.6) is 0 Å². The van der Waals surface area contributed by atoms with Crippen LogP contribution in [0.25, 0.3) is 0 Å². The molecule has 2 rings (SSSR count). The molecule has 0 N–H and O–H groups in total. The highest BCUT2D eigenvalue weighted by molar-refractivity contribution is 6.13.